The van der Waals surface area contributed by atoms with Gasteiger partial charge in [-0.1, -0.05) is 22.0 Å². The molecule has 3 rings (SSSR count). The molecule has 2 aromatic rings. The van der Waals surface area contributed by atoms with E-state index in [0.717, 1.165) is 28.2 Å². The second-order valence-electron chi connectivity index (χ2n) is 6.99. The lowest BCUT2D eigenvalue weighted by Gasteiger charge is -2.33. The van der Waals surface area contributed by atoms with E-state index in [4.69, 9.17) is 4.74 Å². The summed E-state index contributed by atoms with van der Waals surface area (Å²) in [6, 6.07) is 6.52. The third-order valence-electron chi connectivity index (χ3n) is 4.02. The van der Waals surface area contributed by atoms with Gasteiger partial charge >= 0.3 is 6.09 Å². The minimum absolute atomic E-state index is 0.219. The molecule has 1 saturated heterocycles. The highest BCUT2D eigenvalue weighted by Crippen LogP contribution is 2.28. The number of benzene rings is 1. The van der Waals surface area contributed by atoms with Crippen LogP contribution in [-0.2, 0) is 4.74 Å². The van der Waals surface area contributed by atoms with Crippen LogP contribution in [0.25, 0.3) is 10.9 Å². The van der Waals surface area contributed by atoms with Crippen LogP contribution in [0.1, 0.15) is 39.7 Å². The third-order valence-corrected chi connectivity index (χ3v) is 4.52. The molecular weight excluding hydrogens is 358 g/mol. The number of halogens is 1. The fraction of sp³-hybridized carbons (Fsp3) is 0.529. The van der Waals surface area contributed by atoms with Crippen LogP contribution >= 0.6 is 15.9 Å². The van der Waals surface area contributed by atoms with E-state index in [1.54, 1.807) is 4.90 Å². The predicted octanol–water partition coefficient (Wildman–Crippen LogP) is 4.37. The van der Waals surface area contributed by atoms with Crippen LogP contribution in [0.15, 0.2) is 28.9 Å². The third kappa shape index (κ3) is 3.68. The lowest BCUT2D eigenvalue weighted by Crippen LogP contribution is -2.42. The molecule has 1 amide bonds. The highest BCUT2D eigenvalue weighted by molar-refractivity contribution is 9.10. The number of likely N-dealkylation sites (tertiary alicyclic amines) is 1. The number of aromatic nitrogens is 2. The van der Waals surface area contributed by atoms with E-state index < -0.39 is 5.60 Å². The lowest BCUT2D eigenvalue weighted by atomic mass is 10.1. The SMILES string of the molecule is CC(C)(C)OC(=O)N1CCC(n2ncc3ccc(Br)cc32)CC1. The van der Waals surface area contributed by atoms with Gasteiger partial charge in [0.25, 0.3) is 0 Å². The van der Waals surface area contributed by atoms with Gasteiger partial charge in [0.15, 0.2) is 0 Å². The first kappa shape index (κ1) is 16.3. The Morgan fingerprint density at radius 1 is 1.30 bits per heavy atom. The first-order chi connectivity index (χ1) is 10.8. The molecule has 1 aromatic carbocycles. The molecule has 0 saturated carbocycles. The fourth-order valence-corrected chi connectivity index (χ4v) is 3.27. The number of piperidine rings is 1. The van der Waals surface area contributed by atoms with Gasteiger partial charge in [-0.15, -0.1) is 0 Å². The fourth-order valence-electron chi connectivity index (χ4n) is 2.92. The first-order valence-electron chi connectivity index (χ1n) is 7.94. The monoisotopic (exact) mass is 379 g/mol. The smallest absolute Gasteiger partial charge is 0.410 e. The Labute approximate surface area is 144 Å². The van der Waals surface area contributed by atoms with Crippen LogP contribution in [-0.4, -0.2) is 39.5 Å². The quantitative estimate of drug-likeness (QED) is 0.738. The van der Waals surface area contributed by atoms with Crippen LogP contribution in [0.5, 0.6) is 0 Å². The number of nitrogens with zero attached hydrogens (tertiary/aromatic N) is 3. The summed E-state index contributed by atoms with van der Waals surface area (Å²) < 4.78 is 8.59. The number of amides is 1. The van der Waals surface area contributed by atoms with Gasteiger partial charge in [0.2, 0.25) is 0 Å². The van der Waals surface area contributed by atoms with Gasteiger partial charge in [0.1, 0.15) is 5.60 Å². The van der Waals surface area contributed by atoms with Crippen molar-refractivity contribution in [2.24, 2.45) is 0 Å². The van der Waals surface area contributed by atoms with Crippen molar-refractivity contribution < 1.29 is 9.53 Å². The number of rotatable bonds is 1. The van der Waals surface area contributed by atoms with E-state index in [1.165, 1.54) is 0 Å². The van der Waals surface area contributed by atoms with Crippen molar-refractivity contribution in [3.63, 3.8) is 0 Å². The molecule has 0 bridgehead atoms. The highest BCUT2D eigenvalue weighted by Gasteiger charge is 2.28. The van der Waals surface area contributed by atoms with Crippen LogP contribution < -0.4 is 0 Å². The van der Waals surface area contributed by atoms with Gasteiger partial charge in [0, 0.05) is 22.9 Å². The highest BCUT2D eigenvalue weighted by atomic mass is 79.9. The lowest BCUT2D eigenvalue weighted by molar-refractivity contribution is 0.0186. The van der Waals surface area contributed by atoms with Gasteiger partial charge in [-0.3, -0.25) is 4.68 Å². The molecule has 0 radical (unpaired) electrons. The molecule has 23 heavy (non-hydrogen) atoms. The molecule has 5 nitrogen and oxygen atoms in total. The summed E-state index contributed by atoms with van der Waals surface area (Å²) in [5, 5.41) is 5.69. The van der Waals surface area contributed by atoms with Crippen molar-refractivity contribution in [2.75, 3.05) is 13.1 Å². The van der Waals surface area contributed by atoms with Crippen LogP contribution in [0, 0.1) is 0 Å². The molecular formula is C17H22BrN3O2. The Morgan fingerprint density at radius 3 is 2.65 bits per heavy atom. The normalized spacial score (nSPS) is 16.8. The van der Waals surface area contributed by atoms with Crippen molar-refractivity contribution in [2.45, 2.75) is 45.3 Å². The van der Waals surface area contributed by atoms with Gasteiger partial charge in [-0.25, -0.2) is 4.79 Å². The predicted molar refractivity (Wildman–Crippen MR) is 93.5 cm³/mol. The second-order valence-corrected chi connectivity index (χ2v) is 7.91. The van der Waals surface area contributed by atoms with Crippen LogP contribution in [0.2, 0.25) is 0 Å². The molecule has 1 aliphatic rings. The summed E-state index contributed by atoms with van der Waals surface area (Å²) in [4.78, 5) is 13.9. The number of hydrogen-bond donors (Lipinski definition) is 0. The Kier molecular flexibility index (Phi) is 4.36. The van der Waals surface area contributed by atoms with E-state index >= 15 is 0 Å². The summed E-state index contributed by atoms with van der Waals surface area (Å²) in [6.07, 6.45) is 3.47. The van der Waals surface area contributed by atoms with Crippen molar-refractivity contribution in [1.29, 1.82) is 0 Å². The van der Waals surface area contributed by atoms with E-state index in [-0.39, 0.29) is 6.09 Å². The molecule has 2 heterocycles. The van der Waals surface area contributed by atoms with E-state index in [9.17, 15) is 4.79 Å². The number of hydrogen-bond acceptors (Lipinski definition) is 3. The van der Waals surface area contributed by atoms with Gasteiger partial charge < -0.3 is 9.64 Å². The summed E-state index contributed by atoms with van der Waals surface area (Å²) >= 11 is 3.52. The number of carbonyl (C=O) groups is 1. The van der Waals surface area contributed by atoms with E-state index in [0.29, 0.717) is 19.1 Å². The average molecular weight is 380 g/mol. The maximum atomic E-state index is 12.1. The molecule has 0 unspecified atom stereocenters. The molecule has 6 heteroatoms. The maximum Gasteiger partial charge on any atom is 0.410 e. The molecule has 0 N–H and O–H groups in total. The Balaban J connectivity index is 1.69. The van der Waals surface area contributed by atoms with Gasteiger partial charge in [-0.2, -0.15) is 5.10 Å². The van der Waals surface area contributed by atoms with Crippen molar-refractivity contribution in [3.8, 4) is 0 Å². The second kappa shape index (κ2) is 6.15. The van der Waals surface area contributed by atoms with Crippen molar-refractivity contribution >= 4 is 32.9 Å². The minimum atomic E-state index is -0.446. The Morgan fingerprint density at radius 2 is 2.00 bits per heavy atom. The van der Waals surface area contributed by atoms with Crippen molar-refractivity contribution in [1.82, 2.24) is 14.7 Å². The largest absolute Gasteiger partial charge is 0.444 e. The van der Waals surface area contributed by atoms with Crippen molar-refractivity contribution in [3.05, 3.63) is 28.9 Å². The zero-order valence-corrected chi connectivity index (χ0v) is 15.3. The molecule has 1 aromatic heterocycles. The molecule has 0 atom stereocenters. The summed E-state index contributed by atoms with van der Waals surface area (Å²) in [7, 11) is 0. The summed E-state index contributed by atoms with van der Waals surface area (Å²) in [6.45, 7) is 7.09. The minimum Gasteiger partial charge on any atom is -0.444 e. The zero-order chi connectivity index (χ0) is 16.6. The molecule has 0 spiro atoms. The molecule has 1 aliphatic heterocycles. The molecule has 124 valence electrons. The molecule has 1 fully saturated rings. The molecule has 0 aliphatic carbocycles. The first-order valence-corrected chi connectivity index (χ1v) is 8.73. The Hall–Kier alpha value is -1.56. The number of carbonyl (C=O) groups excluding carboxylic acids is 1. The summed E-state index contributed by atoms with van der Waals surface area (Å²) in [5.74, 6) is 0. The standard InChI is InChI=1S/C17H22BrN3O2/c1-17(2,3)23-16(22)20-8-6-14(7-9-20)21-15-10-13(18)5-4-12(15)11-19-21/h4-5,10-11,14H,6-9H2,1-3H3. The Bertz CT molecular complexity index is 712. The van der Waals surface area contributed by atoms with E-state index in [2.05, 4.69) is 37.8 Å². The summed E-state index contributed by atoms with van der Waals surface area (Å²) in [5.41, 5.74) is 0.688. The van der Waals surface area contributed by atoms with Gasteiger partial charge in [0.05, 0.1) is 17.8 Å². The topological polar surface area (TPSA) is 47.4 Å². The van der Waals surface area contributed by atoms with Crippen LogP contribution in [0.3, 0.4) is 0 Å². The number of ether oxygens (including phenoxy) is 1. The maximum absolute atomic E-state index is 12.1. The van der Waals surface area contributed by atoms with Gasteiger partial charge in [-0.05, 0) is 45.7 Å². The number of fused-ring (bicyclic) bond motifs is 1. The van der Waals surface area contributed by atoms with Crippen LogP contribution in [0.4, 0.5) is 4.79 Å². The average Bonchev–Trinajstić information content (AvgIpc) is 2.88. The zero-order valence-electron chi connectivity index (χ0n) is 13.8. The van der Waals surface area contributed by atoms with E-state index in [1.807, 2.05) is 33.0 Å².